The van der Waals surface area contributed by atoms with Gasteiger partial charge < -0.3 is 20.0 Å². The summed E-state index contributed by atoms with van der Waals surface area (Å²) < 4.78 is 39.0. The second-order valence-electron chi connectivity index (χ2n) is 7.50. The molecule has 1 N–H and O–H groups in total. The van der Waals surface area contributed by atoms with Gasteiger partial charge in [0.25, 0.3) is 0 Å². The van der Waals surface area contributed by atoms with Crippen LogP contribution in [-0.4, -0.2) is 78.5 Å². The Balaban J connectivity index is 1.71. The topological polar surface area (TPSA) is 77.0 Å². The highest BCUT2D eigenvalue weighted by atomic mass is 19.4. The number of benzene rings is 1. The number of hydrogen-bond acceptors (Lipinski definition) is 5. The van der Waals surface area contributed by atoms with Crippen molar-refractivity contribution in [3.63, 3.8) is 0 Å². The van der Waals surface area contributed by atoms with Crippen LogP contribution in [0.2, 0.25) is 0 Å². The van der Waals surface area contributed by atoms with E-state index in [1.54, 1.807) is 38.6 Å². The number of rotatable bonds is 5. The monoisotopic (exact) mass is 449 g/mol. The van der Waals surface area contributed by atoms with Crippen LogP contribution in [0.1, 0.15) is 11.1 Å². The van der Waals surface area contributed by atoms with E-state index in [0.717, 1.165) is 12.1 Å². The fraction of sp³-hybridized carbons (Fsp3) is 0.429. The van der Waals surface area contributed by atoms with Crippen LogP contribution in [0.3, 0.4) is 0 Å². The third-order valence-electron chi connectivity index (χ3n) is 4.98. The maximum Gasteiger partial charge on any atom is 0.416 e. The molecule has 0 aliphatic carbocycles. The van der Waals surface area contributed by atoms with Crippen molar-refractivity contribution in [3.05, 3.63) is 53.9 Å². The summed E-state index contributed by atoms with van der Waals surface area (Å²) in [6.45, 7) is 2.60. The lowest BCUT2D eigenvalue weighted by atomic mass is 10.1. The zero-order chi connectivity index (χ0) is 23.1. The van der Waals surface area contributed by atoms with Crippen LogP contribution in [0, 0.1) is 0 Å². The second-order valence-corrected chi connectivity index (χ2v) is 7.50. The highest BCUT2D eigenvalue weighted by Crippen LogP contribution is 2.29. The molecule has 1 saturated heterocycles. The van der Waals surface area contributed by atoms with E-state index < -0.39 is 11.7 Å². The second kappa shape index (κ2) is 10.3. The van der Waals surface area contributed by atoms with Crippen molar-refractivity contribution in [3.8, 4) is 0 Å². The molecule has 0 atom stereocenters. The molecule has 0 spiro atoms. The number of anilines is 1. The van der Waals surface area contributed by atoms with Crippen LogP contribution in [0.5, 0.6) is 0 Å². The molecule has 0 bridgehead atoms. The smallest absolute Gasteiger partial charge is 0.347 e. The highest BCUT2D eigenvalue weighted by molar-refractivity contribution is 5.86. The molecule has 1 aliphatic rings. The predicted octanol–water partition coefficient (Wildman–Crippen LogP) is 1.85. The van der Waals surface area contributed by atoms with E-state index in [1.807, 2.05) is 9.80 Å². The van der Waals surface area contributed by atoms with Gasteiger partial charge in [-0.2, -0.15) is 13.2 Å². The SMILES string of the molecule is CN(C)C(=O)CNC(=NCc1cccc(C(F)(F)F)c1)N1CCN(c2ncccn2)CC1. The Labute approximate surface area is 184 Å². The summed E-state index contributed by atoms with van der Waals surface area (Å²) in [5.74, 6) is 0.990. The van der Waals surface area contributed by atoms with E-state index in [0.29, 0.717) is 43.7 Å². The first-order chi connectivity index (χ1) is 15.2. The summed E-state index contributed by atoms with van der Waals surface area (Å²) in [7, 11) is 3.31. The molecule has 1 aromatic heterocycles. The number of carbonyl (C=O) groups is 1. The van der Waals surface area contributed by atoms with E-state index in [-0.39, 0.29) is 19.0 Å². The van der Waals surface area contributed by atoms with Crippen molar-refractivity contribution in [1.82, 2.24) is 25.1 Å². The fourth-order valence-corrected chi connectivity index (χ4v) is 3.17. The number of halogens is 3. The van der Waals surface area contributed by atoms with Crippen molar-refractivity contribution in [2.45, 2.75) is 12.7 Å². The van der Waals surface area contributed by atoms with Gasteiger partial charge in [0, 0.05) is 52.7 Å². The Hall–Kier alpha value is -3.37. The molecular formula is C21H26F3N7O. The summed E-state index contributed by atoms with van der Waals surface area (Å²) in [6.07, 6.45) is -1.04. The fourth-order valence-electron chi connectivity index (χ4n) is 3.17. The molecule has 0 saturated carbocycles. The van der Waals surface area contributed by atoms with E-state index >= 15 is 0 Å². The van der Waals surface area contributed by atoms with Crippen LogP contribution in [0.4, 0.5) is 19.1 Å². The minimum absolute atomic E-state index is 0.0381. The van der Waals surface area contributed by atoms with Crippen molar-refractivity contribution in [2.75, 3.05) is 51.7 Å². The number of likely N-dealkylation sites (N-methyl/N-ethyl adjacent to an activating group) is 1. The number of alkyl halides is 3. The molecule has 0 unspecified atom stereocenters. The van der Waals surface area contributed by atoms with Gasteiger partial charge in [-0.25, -0.2) is 15.0 Å². The van der Waals surface area contributed by atoms with E-state index in [1.165, 1.54) is 11.0 Å². The van der Waals surface area contributed by atoms with E-state index in [2.05, 4.69) is 20.3 Å². The number of piperazine rings is 1. The average Bonchev–Trinajstić information content (AvgIpc) is 2.79. The molecule has 1 aromatic carbocycles. The number of nitrogens with one attached hydrogen (secondary N) is 1. The quantitative estimate of drug-likeness (QED) is 0.555. The van der Waals surface area contributed by atoms with Gasteiger partial charge in [-0.3, -0.25) is 4.79 Å². The largest absolute Gasteiger partial charge is 0.416 e. The normalized spacial score (nSPS) is 15.0. The molecule has 32 heavy (non-hydrogen) atoms. The lowest BCUT2D eigenvalue weighted by Gasteiger charge is -2.36. The summed E-state index contributed by atoms with van der Waals surface area (Å²) >= 11 is 0. The van der Waals surface area contributed by atoms with Crippen molar-refractivity contribution in [1.29, 1.82) is 0 Å². The first-order valence-corrected chi connectivity index (χ1v) is 10.2. The number of aromatic nitrogens is 2. The van der Waals surface area contributed by atoms with Crippen LogP contribution in [0.25, 0.3) is 0 Å². The van der Waals surface area contributed by atoms with Crippen molar-refractivity contribution >= 4 is 17.8 Å². The number of amides is 1. The maximum atomic E-state index is 13.0. The van der Waals surface area contributed by atoms with Crippen molar-refractivity contribution < 1.29 is 18.0 Å². The molecule has 3 rings (SSSR count). The lowest BCUT2D eigenvalue weighted by molar-refractivity contribution is -0.137. The van der Waals surface area contributed by atoms with E-state index in [9.17, 15) is 18.0 Å². The van der Waals surface area contributed by atoms with Gasteiger partial charge in [0.15, 0.2) is 5.96 Å². The molecule has 1 fully saturated rings. The molecule has 1 amide bonds. The average molecular weight is 449 g/mol. The first-order valence-electron chi connectivity index (χ1n) is 10.2. The zero-order valence-electron chi connectivity index (χ0n) is 18.0. The van der Waals surface area contributed by atoms with Gasteiger partial charge in [-0.05, 0) is 23.8 Å². The van der Waals surface area contributed by atoms with Gasteiger partial charge in [0.05, 0.1) is 18.7 Å². The summed E-state index contributed by atoms with van der Waals surface area (Å²) in [4.78, 5) is 30.6. The minimum atomic E-state index is -4.41. The molecule has 0 radical (unpaired) electrons. The Kier molecular flexibility index (Phi) is 7.49. The van der Waals surface area contributed by atoms with Crippen LogP contribution >= 0.6 is 0 Å². The molecule has 1 aliphatic heterocycles. The molecule has 11 heteroatoms. The number of hydrogen-bond donors (Lipinski definition) is 1. The van der Waals surface area contributed by atoms with Gasteiger partial charge in [-0.15, -0.1) is 0 Å². The number of guanidine groups is 1. The Morgan fingerprint density at radius 3 is 2.44 bits per heavy atom. The van der Waals surface area contributed by atoms with Crippen LogP contribution in [0.15, 0.2) is 47.7 Å². The third kappa shape index (κ3) is 6.32. The van der Waals surface area contributed by atoms with Crippen LogP contribution < -0.4 is 10.2 Å². The van der Waals surface area contributed by atoms with Gasteiger partial charge in [0.2, 0.25) is 11.9 Å². The molecule has 8 nitrogen and oxygen atoms in total. The maximum absolute atomic E-state index is 13.0. The molecule has 172 valence electrons. The summed E-state index contributed by atoms with van der Waals surface area (Å²) in [5.41, 5.74) is -0.270. The summed E-state index contributed by atoms with van der Waals surface area (Å²) in [5, 5.41) is 3.05. The number of aliphatic imine (C=N–C) groups is 1. The van der Waals surface area contributed by atoms with Gasteiger partial charge in [-0.1, -0.05) is 12.1 Å². The number of nitrogens with zero attached hydrogens (tertiary/aromatic N) is 6. The minimum Gasteiger partial charge on any atom is -0.347 e. The lowest BCUT2D eigenvalue weighted by Crippen LogP contribution is -2.54. The summed E-state index contributed by atoms with van der Waals surface area (Å²) in [6, 6.07) is 6.86. The zero-order valence-corrected chi connectivity index (χ0v) is 18.0. The molecule has 2 heterocycles. The Morgan fingerprint density at radius 1 is 1.12 bits per heavy atom. The third-order valence-corrected chi connectivity index (χ3v) is 4.98. The Morgan fingerprint density at radius 2 is 1.81 bits per heavy atom. The predicted molar refractivity (Wildman–Crippen MR) is 115 cm³/mol. The van der Waals surface area contributed by atoms with Crippen LogP contribution in [-0.2, 0) is 17.5 Å². The first kappa shape index (κ1) is 23.3. The Bertz CT molecular complexity index is 926. The molecule has 2 aromatic rings. The van der Waals surface area contributed by atoms with Gasteiger partial charge >= 0.3 is 6.18 Å². The molecular weight excluding hydrogens is 423 g/mol. The number of carbonyl (C=O) groups excluding carboxylic acids is 1. The standard InChI is InChI=1S/C21H26F3N7O/c1-29(2)18(32)15-28-20(27-14-16-5-3-6-17(13-16)21(22,23)24)31-11-9-30(10-12-31)19-25-7-4-8-26-19/h3-8,13H,9-12,14-15H2,1-2H3,(H,27,28). The van der Waals surface area contributed by atoms with Gasteiger partial charge in [0.1, 0.15) is 0 Å². The van der Waals surface area contributed by atoms with E-state index in [4.69, 9.17) is 0 Å². The van der Waals surface area contributed by atoms with Crippen molar-refractivity contribution in [2.24, 2.45) is 4.99 Å². The highest BCUT2D eigenvalue weighted by Gasteiger charge is 2.30.